The van der Waals surface area contributed by atoms with Gasteiger partial charge in [0.2, 0.25) is 0 Å². The van der Waals surface area contributed by atoms with Crippen molar-refractivity contribution >= 4 is 17.6 Å². The summed E-state index contributed by atoms with van der Waals surface area (Å²) in [6.07, 6.45) is 1.50. The van der Waals surface area contributed by atoms with Crippen molar-refractivity contribution in [1.82, 2.24) is 5.32 Å². The molecule has 76 valence electrons. The maximum Gasteiger partial charge on any atom is 0.320 e. The lowest BCUT2D eigenvalue weighted by Crippen LogP contribution is -2.37. The van der Waals surface area contributed by atoms with Crippen LogP contribution in [0, 0.1) is 0 Å². The summed E-state index contributed by atoms with van der Waals surface area (Å²) in [4.78, 5) is 10.7. The minimum Gasteiger partial charge on any atom is -0.480 e. The van der Waals surface area contributed by atoms with Crippen molar-refractivity contribution in [1.29, 1.82) is 0 Å². The van der Waals surface area contributed by atoms with E-state index in [0.29, 0.717) is 13.0 Å². The smallest absolute Gasteiger partial charge is 0.320 e. The summed E-state index contributed by atoms with van der Waals surface area (Å²) < 4.78 is 0. The van der Waals surface area contributed by atoms with Crippen LogP contribution < -0.4 is 5.32 Å². The first-order valence-electron chi connectivity index (χ1n) is 4.33. The van der Waals surface area contributed by atoms with Crippen LogP contribution in [0.1, 0.15) is 26.7 Å². The van der Waals surface area contributed by atoms with E-state index in [1.165, 1.54) is 5.54 Å². The number of hydrogen-bond donors (Lipinski definition) is 2. The van der Waals surface area contributed by atoms with Gasteiger partial charge in [0.05, 0.1) is 0 Å². The fourth-order valence-electron chi connectivity index (χ4n) is 0.924. The molecule has 4 heteroatoms. The minimum atomic E-state index is -0.802. The number of carboxylic acid groups (broad SMARTS) is 1. The Labute approximate surface area is 83.8 Å². The highest BCUT2D eigenvalue weighted by Crippen LogP contribution is 1.99. The van der Waals surface area contributed by atoms with E-state index in [2.05, 4.69) is 5.32 Å². The molecule has 2 N–H and O–H groups in total. The molecule has 13 heavy (non-hydrogen) atoms. The molecule has 0 spiro atoms. The molecule has 0 saturated carbocycles. The van der Waals surface area contributed by atoms with Crippen molar-refractivity contribution in [3.8, 4) is 0 Å². The van der Waals surface area contributed by atoms with Gasteiger partial charge in [-0.2, -0.15) is 0 Å². The first kappa shape index (κ1) is 12.5. The molecule has 0 fully saturated rings. The molecule has 0 aromatic rings. The molecule has 0 saturated heterocycles. The predicted molar refractivity (Wildman–Crippen MR) is 53.9 cm³/mol. The first-order valence-corrected chi connectivity index (χ1v) is 4.77. The number of hydrogen-bond acceptors (Lipinski definition) is 2. The third-order valence-corrected chi connectivity index (χ3v) is 2.06. The van der Waals surface area contributed by atoms with Crippen LogP contribution in [0.2, 0.25) is 0 Å². The molecule has 0 heterocycles. The van der Waals surface area contributed by atoms with Gasteiger partial charge in [-0.3, -0.25) is 4.79 Å². The summed E-state index contributed by atoms with van der Waals surface area (Å²) in [5, 5.41) is 11.7. The lowest BCUT2D eigenvalue weighted by molar-refractivity contribution is -0.139. The normalized spacial score (nSPS) is 14.2. The van der Waals surface area contributed by atoms with E-state index in [-0.39, 0.29) is 0 Å². The Kier molecular flexibility index (Phi) is 6.63. The van der Waals surface area contributed by atoms with E-state index in [0.717, 1.165) is 12.0 Å². The van der Waals surface area contributed by atoms with Gasteiger partial charge in [-0.05, 0) is 18.9 Å². The molecule has 0 aliphatic carbocycles. The Morgan fingerprint density at radius 2 is 2.31 bits per heavy atom. The molecular weight excluding hydrogens is 190 g/mol. The van der Waals surface area contributed by atoms with Crippen molar-refractivity contribution in [2.75, 3.05) is 6.54 Å². The average molecular weight is 206 g/mol. The van der Waals surface area contributed by atoms with Crippen molar-refractivity contribution in [3.05, 3.63) is 11.1 Å². The van der Waals surface area contributed by atoms with E-state index in [1.807, 2.05) is 13.8 Å². The van der Waals surface area contributed by atoms with Crippen LogP contribution in [0.5, 0.6) is 0 Å². The minimum absolute atomic E-state index is 0.462. The van der Waals surface area contributed by atoms with Crippen LogP contribution in [0.25, 0.3) is 0 Å². The Bertz CT molecular complexity index is 192. The Balaban J connectivity index is 3.89. The van der Waals surface area contributed by atoms with Crippen LogP contribution in [-0.2, 0) is 4.79 Å². The molecular formula is C9H16ClNO2. The molecule has 0 radical (unpaired) electrons. The molecule has 0 aromatic carbocycles. The number of carboxylic acids is 1. The van der Waals surface area contributed by atoms with Crippen molar-refractivity contribution < 1.29 is 9.90 Å². The maximum absolute atomic E-state index is 10.7. The maximum atomic E-state index is 10.7. The Hall–Kier alpha value is -0.540. The van der Waals surface area contributed by atoms with Crippen molar-refractivity contribution in [2.45, 2.75) is 32.7 Å². The lowest BCUT2D eigenvalue weighted by atomic mass is 10.1. The summed E-state index contributed by atoms with van der Waals surface area (Å²) in [5.41, 5.74) is 2.39. The second-order valence-corrected chi connectivity index (χ2v) is 3.23. The number of rotatable bonds is 6. The molecule has 0 aliphatic heterocycles. The largest absolute Gasteiger partial charge is 0.480 e. The Morgan fingerprint density at radius 1 is 1.69 bits per heavy atom. The van der Waals surface area contributed by atoms with Gasteiger partial charge in [-0.25, -0.2) is 0 Å². The molecule has 0 bridgehead atoms. The molecule has 0 amide bonds. The zero-order chi connectivity index (χ0) is 10.3. The quantitative estimate of drug-likeness (QED) is 0.697. The SMILES string of the molecule is CCCC(NCC(C)=CCl)C(=O)O. The van der Waals surface area contributed by atoms with E-state index in [1.54, 1.807) is 0 Å². The standard InChI is InChI=1S/C9H16ClNO2/c1-3-4-8(9(12)13)11-6-7(2)5-10/h5,8,11H,3-4,6H2,1-2H3,(H,12,13). The van der Waals surface area contributed by atoms with E-state index < -0.39 is 12.0 Å². The number of carbonyl (C=O) groups is 1. The van der Waals surface area contributed by atoms with Crippen LogP contribution >= 0.6 is 11.6 Å². The number of halogens is 1. The van der Waals surface area contributed by atoms with Gasteiger partial charge in [-0.15, -0.1) is 0 Å². The molecule has 3 nitrogen and oxygen atoms in total. The van der Waals surface area contributed by atoms with Gasteiger partial charge >= 0.3 is 5.97 Å². The molecule has 1 unspecified atom stereocenters. The summed E-state index contributed by atoms with van der Waals surface area (Å²) in [6, 6.07) is -0.462. The average Bonchev–Trinajstić information content (AvgIpc) is 2.11. The zero-order valence-corrected chi connectivity index (χ0v) is 8.77. The predicted octanol–water partition coefficient (Wildman–Crippen LogP) is 1.97. The fourth-order valence-corrected chi connectivity index (χ4v) is 1.00. The summed E-state index contributed by atoms with van der Waals surface area (Å²) in [5.74, 6) is -0.802. The van der Waals surface area contributed by atoms with Crippen LogP contribution in [0.3, 0.4) is 0 Å². The number of nitrogens with one attached hydrogen (secondary N) is 1. The van der Waals surface area contributed by atoms with E-state index in [4.69, 9.17) is 16.7 Å². The van der Waals surface area contributed by atoms with Crippen molar-refractivity contribution in [2.24, 2.45) is 0 Å². The lowest BCUT2D eigenvalue weighted by Gasteiger charge is -2.12. The first-order chi connectivity index (χ1) is 6.11. The van der Waals surface area contributed by atoms with Crippen LogP contribution in [0.4, 0.5) is 0 Å². The third-order valence-electron chi connectivity index (χ3n) is 1.69. The summed E-state index contributed by atoms with van der Waals surface area (Å²) in [6.45, 7) is 4.34. The van der Waals surface area contributed by atoms with Gasteiger partial charge in [-0.1, -0.05) is 24.9 Å². The molecule has 0 aromatic heterocycles. The van der Waals surface area contributed by atoms with Gasteiger partial charge in [0.1, 0.15) is 6.04 Å². The van der Waals surface area contributed by atoms with Crippen LogP contribution in [0.15, 0.2) is 11.1 Å². The fraction of sp³-hybridized carbons (Fsp3) is 0.667. The highest BCUT2D eigenvalue weighted by atomic mass is 35.5. The number of aliphatic carboxylic acids is 1. The molecule has 0 rings (SSSR count). The second-order valence-electron chi connectivity index (χ2n) is 3.02. The monoisotopic (exact) mass is 205 g/mol. The second kappa shape index (κ2) is 6.92. The molecule has 0 aliphatic rings. The van der Waals surface area contributed by atoms with Crippen LogP contribution in [-0.4, -0.2) is 23.7 Å². The van der Waals surface area contributed by atoms with Gasteiger partial charge in [0.15, 0.2) is 0 Å². The third kappa shape index (κ3) is 5.66. The van der Waals surface area contributed by atoms with Gasteiger partial charge in [0.25, 0.3) is 0 Å². The zero-order valence-electron chi connectivity index (χ0n) is 8.01. The Morgan fingerprint density at radius 3 is 2.69 bits per heavy atom. The summed E-state index contributed by atoms with van der Waals surface area (Å²) >= 11 is 5.44. The van der Waals surface area contributed by atoms with Crippen molar-refractivity contribution in [3.63, 3.8) is 0 Å². The van der Waals surface area contributed by atoms with Gasteiger partial charge in [0, 0.05) is 12.1 Å². The highest BCUT2D eigenvalue weighted by molar-refractivity contribution is 6.25. The topological polar surface area (TPSA) is 49.3 Å². The van der Waals surface area contributed by atoms with E-state index in [9.17, 15) is 4.79 Å². The van der Waals surface area contributed by atoms with Gasteiger partial charge < -0.3 is 10.4 Å². The summed E-state index contributed by atoms with van der Waals surface area (Å²) in [7, 11) is 0. The molecule has 1 atom stereocenters. The highest BCUT2D eigenvalue weighted by Gasteiger charge is 2.14. The van der Waals surface area contributed by atoms with E-state index >= 15 is 0 Å².